The maximum Gasteiger partial charge on any atom is 0.302 e. The summed E-state index contributed by atoms with van der Waals surface area (Å²) < 4.78 is 5.17. The van der Waals surface area contributed by atoms with Gasteiger partial charge in [-0.1, -0.05) is 38.1 Å². The molecule has 2 aliphatic rings. The first kappa shape index (κ1) is 21.1. The highest BCUT2D eigenvalue weighted by molar-refractivity contribution is 6.11. The summed E-state index contributed by atoms with van der Waals surface area (Å²) in [5.74, 6) is -0.752. The van der Waals surface area contributed by atoms with Crippen LogP contribution in [-0.2, 0) is 19.7 Å². The number of likely N-dealkylation sites (tertiary alicyclic amines) is 1. The standard InChI is InChI=1S/C23H29NO5/c1-15(2)10-11-23(19-9-5-4-8-18(19)20(26)13-21(23)27)22(28)24-12-6-7-17(24)14-29-16(3)25/h4-5,8-9,13,15,17,27H,6-7,10-12,14H2,1-3H3/t17-,23+/m1/s1. The summed E-state index contributed by atoms with van der Waals surface area (Å²) in [6.45, 7) is 6.17. The van der Waals surface area contributed by atoms with Gasteiger partial charge in [-0.05, 0) is 37.2 Å². The van der Waals surface area contributed by atoms with E-state index in [4.69, 9.17) is 4.74 Å². The van der Waals surface area contributed by atoms with Crippen molar-refractivity contribution in [2.75, 3.05) is 13.2 Å². The number of carbonyl (C=O) groups excluding carboxylic acids is 3. The van der Waals surface area contributed by atoms with Crippen LogP contribution in [0.25, 0.3) is 0 Å². The van der Waals surface area contributed by atoms with Crippen molar-refractivity contribution in [1.82, 2.24) is 4.90 Å². The normalized spacial score (nSPS) is 23.7. The highest BCUT2D eigenvalue weighted by Crippen LogP contribution is 2.44. The minimum atomic E-state index is -1.28. The molecule has 1 aromatic carbocycles. The smallest absolute Gasteiger partial charge is 0.302 e. The van der Waals surface area contributed by atoms with E-state index in [-0.39, 0.29) is 36.1 Å². The second-order valence-corrected chi connectivity index (χ2v) is 8.37. The third-order valence-corrected chi connectivity index (χ3v) is 5.94. The van der Waals surface area contributed by atoms with Crippen molar-refractivity contribution in [2.45, 2.75) is 57.9 Å². The molecule has 156 valence electrons. The van der Waals surface area contributed by atoms with Crippen molar-refractivity contribution in [1.29, 1.82) is 0 Å². The van der Waals surface area contributed by atoms with Crippen LogP contribution in [0.5, 0.6) is 0 Å². The topological polar surface area (TPSA) is 83.9 Å². The summed E-state index contributed by atoms with van der Waals surface area (Å²) in [4.78, 5) is 39.4. The number of benzene rings is 1. The Kier molecular flexibility index (Phi) is 6.10. The minimum absolute atomic E-state index is 0.145. The van der Waals surface area contributed by atoms with E-state index >= 15 is 0 Å². The van der Waals surface area contributed by atoms with Gasteiger partial charge in [0.2, 0.25) is 5.91 Å². The molecule has 1 aliphatic heterocycles. The van der Waals surface area contributed by atoms with Gasteiger partial charge < -0.3 is 14.7 Å². The van der Waals surface area contributed by atoms with Crippen LogP contribution < -0.4 is 0 Å². The van der Waals surface area contributed by atoms with Gasteiger partial charge in [0.25, 0.3) is 0 Å². The Morgan fingerprint density at radius 2 is 2.03 bits per heavy atom. The maximum absolute atomic E-state index is 13.9. The van der Waals surface area contributed by atoms with Gasteiger partial charge in [0, 0.05) is 25.1 Å². The number of fused-ring (bicyclic) bond motifs is 1. The highest BCUT2D eigenvalue weighted by Gasteiger charge is 2.52. The van der Waals surface area contributed by atoms with Crippen LogP contribution in [-0.4, -0.2) is 46.9 Å². The van der Waals surface area contributed by atoms with Crippen molar-refractivity contribution in [3.63, 3.8) is 0 Å². The van der Waals surface area contributed by atoms with Gasteiger partial charge in [0.1, 0.15) is 17.8 Å². The van der Waals surface area contributed by atoms with Gasteiger partial charge in [-0.3, -0.25) is 14.4 Å². The molecule has 0 aromatic heterocycles. The molecule has 29 heavy (non-hydrogen) atoms. The fraction of sp³-hybridized carbons (Fsp3) is 0.522. The van der Waals surface area contributed by atoms with Crippen LogP contribution >= 0.6 is 0 Å². The van der Waals surface area contributed by atoms with Crippen LogP contribution in [0.15, 0.2) is 36.1 Å². The number of hydrogen-bond donors (Lipinski definition) is 1. The first-order valence-corrected chi connectivity index (χ1v) is 10.3. The number of rotatable bonds is 6. The summed E-state index contributed by atoms with van der Waals surface area (Å²) in [5, 5.41) is 11.0. The lowest BCUT2D eigenvalue weighted by Gasteiger charge is -2.40. The molecule has 1 N–H and O–H groups in total. The summed E-state index contributed by atoms with van der Waals surface area (Å²) in [5.41, 5.74) is -0.264. The number of amides is 1. The molecule has 0 spiro atoms. The Labute approximate surface area is 171 Å². The molecule has 0 radical (unpaired) electrons. The Morgan fingerprint density at radius 1 is 1.31 bits per heavy atom. The van der Waals surface area contributed by atoms with E-state index in [2.05, 4.69) is 13.8 Å². The SMILES string of the molecule is CC(=O)OC[C@H]1CCCN1C(=O)[C@]1(CCC(C)C)C(O)=CC(=O)c2ccccc21. The molecular weight excluding hydrogens is 370 g/mol. The number of aliphatic hydroxyl groups excluding tert-OH is 1. The summed E-state index contributed by atoms with van der Waals surface area (Å²) in [7, 11) is 0. The lowest BCUT2D eigenvalue weighted by atomic mass is 9.67. The van der Waals surface area contributed by atoms with Crippen LogP contribution in [0, 0.1) is 5.92 Å². The van der Waals surface area contributed by atoms with Crippen molar-refractivity contribution in [3.05, 3.63) is 47.2 Å². The lowest BCUT2D eigenvalue weighted by Crippen LogP contribution is -2.52. The van der Waals surface area contributed by atoms with Gasteiger partial charge in [-0.2, -0.15) is 0 Å². The highest BCUT2D eigenvalue weighted by atomic mass is 16.5. The van der Waals surface area contributed by atoms with Crippen LogP contribution in [0.2, 0.25) is 0 Å². The second kappa shape index (κ2) is 8.39. The number of carbonyl (C=O) groups is 3. The van der Waals surface area contributed by atoms with E-state index in [1.54, 1.807) is 29.2 Å². The molecule has 6 nitrogen and oxygen atoms in total. The van der Waals surface area contributed by atoms with Crippen molar-refractivity contribution in [2.24, 2.45) is 5.92 Å². The molecule has 2 atom stereocenters. The van der Waals surface area contributed by atoms with E-state index in [1.807, 2.05) is 0 Å². The van der Waals surface area contributed by atoms with Crippen LogP contribution in [0.1, 0.15) is 62.4 Å². The lowest BCUT2D eigenvalue weighted by molar-refractivity contribution is -0.147. The third kappa shape index (κ3) is 3.93. The summed E-state index contributed by atoms with van der Waals surface area (Å²) >= 11 is 0. The Balaban J connectivity index is 2.05. The predicted octanol–water partition coefficient (Wildman–Crippen LogP) is 3.55. The molecule has 3 rings (SSSR count). The second-order valence-electron chi connectivity index (χ2n) is 8.37. The van der Waals surface area contributed by atoms with E-state index in [1.165, 1.54) is 13.0 Å². The van der Waals surface area contributed by atoms with Gasteiger partial charge in [-0.25, -0.2) is 0 Å². The molecule has 1 amide bonds. The molecule has 0 unspecified atom stereocenters. The van der Waals surface area contributed by atoms with E-state index < -0.39 is 5.41 Å². The number of ketones is 1. The summed E-state index contributed by atoms with van der Waals surface area (Å²) in [6, 6.07) is 6.82. The van der Waals surface area contributed by atoms with Crippen LogP contribution in [0.3, 0.4) is 0 Å². The predicted molar refractivity (Wildman–Crippen MR) is 109 cm³/mol. The summed E-state index contributed by atoms with van der Waals surface area (Å²) in [6.07, 6.45) is 3.87. The first-order valence-electron chi connectivity index (χ1n) is 10.3. The fourth-order valence-electron chi connectivity index (χ4n) is 4.37. The van der Waals surface area contributed by atoms with Gasteiger partial charge in [0.15, 0.2) is 5.78 Å². The molecule has 1 aromatic rings. The van der Waals surface area contributed by atoms with Crippen molar-refractivity contribution < 1.29 is 24.2 Å². The van der Waals surface area contributed by atoms with E-state index in [0.717, 1.165) is 12.8 Å². The van der Waals surface area contributed by atoms with E-state index in [9.17, 15) is 19.5 Å². The zero-order valence-corrected chi connectivity index (χ0v) is 17.3. The number of allylic oxidation sites excluding steroid dienone is 1. The van der Waals surface area contributed by atoms with Gasteiger partial charge >= 0.3 is 5.97 Å². The largest absolute Gasteiger partial charge is 0.511 e. The molecule has 0 bridgehead atoms. The molecule has 1 heterocycles. The Morgan fingerprint density at radius 3 is 2.72 bits per heavy atom. The molecule has 1 aliphatic carbocycles. The quantitative estimate of drug-likeness (QED) is 0.740. The maximum atomic E-state index is 13.9. The van der Waals surface area contributed by atoms with Gasteiger partial charge in [-0.15, -0.1) is 0 Å². The zero-order valence-electron chi connectivity index (χ0n) is 17.3. The molecule has 6 heteroatoms. The third-order valence-electron chi connectivity index (χ3n) is 5.94. The van der Waals surface area contributed by atoms with Crippen molar-refractivity contribution >= 4 is 17.7 Å². The Hall–Kier alpha value is -2.63. The van der Waals surface area contributed by atoms with Crippen LogP contribution in [0.4, 0.5) is 0 Å². The average molecular weight is 399 g/mol. The zero-order chi connectivity index (χ0) is 21.2. The number of hydrogen-bond acceptors (Lipinski definition) is 5. The number of nitrogens with zero attached hydrogens (tertiary/aromatic N) is 1. The Bertz CT molecular complexity index is 843. The molecular formula is C23H29NO5. The van der Waals surface area contributed by atoms with E-state index in [0.29, 0.717) is 36.4 Å². The average Bonchev–Trinajstić information content (AvgIpc) is 3.14. The number of ether oxygens (including phenoxy) is 1. The number of aliphatic hydroxyl groups is 1. The van der Waals surface area contributed by atoms with Crippen molar-refractivity contribution in [3.8, 4) is 0 Å². The molecule has 1 saturated heterocycles. The minimum Gasteiger partial charge on any atom is -0.511 e. The molecule has 0 saturated carbocycles. The molecule has 1 fully saturated rings. The first-order chi connectivity index (χ1) is 13.8. The number of esters is 1. The monoisotopic (exact) mass is 399 g/mol. The van der Waals surface area contributed by atoms with Gasteiger partial charge in [0.05, 0.1) is 6.04 Å². The fourth-order valence-corrected chi connectivity index (χ4v) is 4.37.